The molecule has 0 aliphatic rings. The average Bonchev–Trinajstić information content (AvgIpc) is 3.25. The molecule has 0 radical (unpaired) electrons. The van der Waals surface area contributed by atoms with E-state index < -0.39 is 17.7 Å². The summed E-state index contributed by atoms with van der Waals surface area (Å²) in [6.07, 6.45) is 0.931. The highest BCUT2D eigenvalue weighted by molar-refractivity contribution is 6.35. The van der Waals surface area contributed by atoms with Crippen molar-refractivity contribution in [2.45, 2.75) is 32.9 Å². The summed E-state index contributed by atoms with van der Waals surface area (Å²) in [4.78, 5) is 30.8. The third-order valence-electron chi connectivity index (χ3n) is 5.07. The van der Waals surface area contributed by atoms with Crippen molar-refractivity contribution in [1.29, 1.82) is 0 Å². The molecule has 0 atom stereocenters. The number of carboxylic acid groups (broad SMARTS) is 1. The molecule has 0 aliphatic heterocycles. The molecule has 2 heterocycles. The van der Waals surface area contributed by atoms with Crippen LogP contribution >= 0.6 is 34.8 Å². The molecule has 0 fully saturated rings. The van der Waals surface area contributed by atoms with Crippen LogP contribution in [0.3, 0.4) is 0 Å². The van der Waals surface area contributed by atoms with E-state index in [1.54, 1.807) is 63.4 Å². The minimum atomic E-state index is -1.14. The largest absolute Gasteiger partial charge is 0.478 e. The number of hydrogen-bond donors (Lipinski definition) is 1. The Morgan fingerprint density at radius 3 is 2.42 bits per heavy atom. The van der Waals surface area contributed by atoms with Crippen LogP contribution in [0.15, 0.2) is 54.7 Å². The maximum atomic E-state index is 13.4. The summed E-state index contributed by atoms with van der Waals surface area (Å²) < 4.78 is 7.20. The number of rotatable bonds is 5. The number of ether oxygens (including phenoxy) is 1. The summed E-state index contributed by atoms with van der Waals surface area (Å²) in [5.74, 6) is -0.777. The fourth-order valence-electron chi connectivity index (χ4n) is 3.46. The number of nitrogens with zero attached hydrogens (tertiary/aromatic N) is 4. The molecule has 1 amide bonds. The van der Waals surface area contributed by atoms with Crippen molar-refractivity contribution < 1.29 is 19.4 Å². The Hall–Kier alpha value is -3.33. The van der Waals surface area contributed by atoms with Gasteiger partial charge in [0.1, 0.15) is 11.4 Å². The van der Waals surface area contributed by atoms with Gasteiger partial charge in [0, 0.05) is 27.7 Å². The minimum Gasteiger partial charge on any atom is -0.478 e. The molecule has 0 saturated heterocycles. The number of aromatic nitrogens is 3. The van der Waals surface area contributed by atoms with E-state index in [9.17, 15) is 14.7 Å². The smallest absolute Gasteiger partial charge is 0.416 e. The van der Waals surface area contributed by atoms with Crippen LogP contribution in [-0.4, -0.2) is 37.4 Å². The second-order valence-corrected chi connectivity index (χ2v) is 10.2. The molecule has 0 unspecified atom stereocenters. The van der Waals surface area contributed by atoms with Gasteiger partial charge in [-0.1, -0.05) is 46.9 Å². The van der Waals surface area contributed by atoms with Gasteiger partial charge in [-0.3, -0.25) is 4.90 Å². The lowest BCUT2D eigenvalue weighted by Gasteiger charge is -2.28. The van der Waals surface area contributed by atoms with E-state index in [0.717, 1.165) is 0 Å². The SMILES string of the molecule is CC(C)(C)OC(=O)N(Cc1ccc(Cl)cc1Cl)c1cc(-c2ccc(C(=O)O)c(Cl)c2)nc2ccnn12. The molecule has 1 N–H and O–H groups in total. The first-order valence-corrected chi connectivity index (χ1v) is 11.9. The van der Waals surface area contributed by atoms with E-state index in [-0.39, 0.29) is 17.1 Å². The lowest BCUT2D eigenvalue weighted by atomic mass is 10.1. The van der Waals surface area contributed by atoms with Crippen molar-refractivity contribution in [3.63, 3.8) is 0 Å². The second-order valence-electron chi connectivity index (χ2n) is 8.90. The zero-order valence-corrected chi connectivity index (χ0v) is 21.8. The third-order valence-corrected chi connectivity index (χ3v) is 5.97. The highest BCUT2D eigenvalue weighted by Crippen LogP contribution is 2.31. The molecule has 2 aromatic heterocycles. The zero-order chi connectivity index (χ0) is 26.2. The Kier molecular flexibility index (Phi) is 7.13. The van der Waals surface area contributed by atoms with Crippen LogP contribution in [0.25, 0.3) is 16.9 Å². The number of amides is 1. The molecule has 4 aromatic rings. The first-order valence-electron chi connectivity index (χ1n) is 10.8. The molecule has 0 spiro atoms. The Balaban J connectivity index is 1.87. The lowest BCUT2D eigenvalue weighted by Crippen LogP contribution is -2.37. The maximum Gasteiger partial charge on any atom is 0.416 e. The fourth-order valence-corrected chi connectivity index (χ4v) is 4.19. The van der Waals surface area contributed by atoms with Crippen LogP contribution in [0.1, 0.15) is 36.7 Å². The molecule has 2 aromatic carbocycles. The molecule has 11 heteroatoms. The van der Waals surface area contributed by atoms with Crippen LogP contribution in [0.4, 0.5) is 10.6 Å². The quantitative estimate of drug-likeness (QED) is 0.289. The topological polar surface area (TPSA) is 97.0 Å². The van der Waals surface area contributed by atoms with Crippen LogP contribution in [0.5, 0.6) is 0 Å². The number of fused-ring (bicyclic) bond motifs is 1. The predicted octanol–water partition coefficient (Wildman–Crippen LogP) is 7.00. The van der Waals surface area contributed by atoms with Gasteiger partial charge in [-0.2, -0.15) is 9.61 Å². The van der Waals surface area contributed by atoms with Crippen molar-refractivity contribution in [1.82, 2.24) is 14.6 Å². The van der Waals surface area contributed by atoms with Crippen molar-refractivity contribution in [2.75, 3.05) is 4.90 Å². The minimum absolute atomic E-state index is 0.0289. The Bertz CT molecular complexity index is 1480. The fraction of sp³-hybridized carbons (Fsp3) is 0.200. The van der Waals surface area contributed by atoms with Gasteiger partial charge in [0.05, 0.1) is 29.0 Å². The van der Waals surface area contributed by atoms with E-state index in [2.05, 4.69) is 10.1 Å². The van der Waals surface area contributed by atoms with E-state index in [0.29, 0.717) is 38.3 Å². The van der Waals surface area contributed by atoms with Crippen molar-refractivity contribution in [3.8, 4) is 11.3 Å². The van der Waals surface area contributed by atoms with Gasteiger partial charge in [0.2, 0.25) is 0 Å². The van der Waals surface area contributed by atoms with Crippen LogP contribution in [-0.2, 0) is 11.3 Å². The zero-order valence-electron chi connectivity index (χ0n) is 19.5. The van der Waals surface area contributed by atoms with Crippen LogP contribution < -0.4 is 4.90 Å². The molecule has 4 rings (SSSR count). The number of carboxylic acids is 1. The number of carbonyl (C=O) groups is 2. The number of hydrogen-bond acceptors (Lipinski definition) is 5. The maximum absolute atomic E-state index is 13.4. The van der Waals surface area contributed by atoms with Gasteiger partial charge in [-0.25, -0.2) is 14.6 Å². The number of halogens is 3. The first-order chi connectivity index (χ1) is 16.9. The predicted molar refractivity (Wildman–Crippen MR) is 139 cm³/mol. The Morgan fingerprint density at radius 1 is 1.03 bits per heavy atom. The summed E-state index contributed by atoms with van der Waals surface area (Å²) in [7, 11) is 0. The van der Waals surface area contributed by atoms with Crippen LogP contribution in [0.2, 0.25) is 15.1 Å². The standard InChI is InChI=1S/C25H21Cl3N4O4/c1-25(2,3)36-24(35)31(13-15-4-6-16(26)11-18(15)27)22-12-20(30-21-8-9-29-32(21)22)14-5-7-17(23(33)34)19(28)10-14/h4-12H,13H2,1-3H3,(H,33,34). The summed E-state index contributed by atoms with van der Waals surface area (Å²) in [6.45, 7) is 5.37. The summed E-state index contributed by atoms with van der Waals surface area (Å²) in [6, 6.07) is 12.9. The van der Waals surface area contributed by atoms with Gasteiger partial charge in [0.15, 0.2) is 5.65 Å². The number of aromatic carboxylic acids is 1. The van der Waals surface area contributed by atoms with Crippen molar-refractivity contribution in [3.05, 3.63) is 80.9 Å². The molecule has 186 valence electrons. The summed E-state index contributed by atoms with van der Waals surface area (Å²) in [5, 5.41) is 14.6. The summed E-state index contributed by atoms with van der Waals surface area (Å²) in [5.41, 5.74) is 1.31. The number of anilines is 1. The van der Waals surface area contributed by atoms with Gasteiger partial charge in [-0.05, 0) is 50.6 Å². The highest BCUT2D eigenvalue weighted by atomic mass is 35.5. The molecule has 0 bridgehead atoms. The Labute approximate surface area is 222 Å². The van der Waals surface area contributed by atoms with Crippen molar-refractivity contribution in [2.24, 2.45) is 0 Å². The number of benzene rings is 2. The number of carbonyl (C=O) groups excluding carboxylic acids is 1. The molecule has 8 nitrogen and oxygen atoms in total. The second kappa shape index (κ2) is 9.97. The van der Waals surface area contributed by atoms with Gasteiger partial charge in [0.25, 0.3) is 0 Å². The average molecular weight is 548 g/mol. The van der Waals surface area contributed by atoms with E-state index in [1.165, 1.54) is 21.5 Å². The monoisotopic (exact) mass is 546 g/mol. The molecule has 0 saturated carbocycles. The highest BCUT2D eigenvalue weighted by Gasteiger charge is 2.27. The normalized spacial score (nSPS) is 11.5. The van der Waals surface area contributed by atoms with E-state index in [1.807, 2.05) is 0 Å². The molecular formula is C25H21Cl3N4O4. The molecular weight excluding hydrogens is 527 g/mol. The first kappa shape index (κ1) is 25.8. The van der Waals surface area contributed by atoms with Crippen LogP contribution in [0, 0.1) is 0 Å². The molecule has 0 aliphatic carbocycles. The summed E-state index contributed by atoms with van der Waals surface area (Å²) >= 11 is 18.7. The van der Waals surface area contributed by atoms with E-state index in [4.69, 9.17) is 39.5 Å². The van der Waals surface area contributed by atoms with Gasteiger partial charge in [-0.15, -0.1) is 0 Å². The van der Waals surface area contributed by atoms with E-state index >= 15 is 0 Å². The Morgan fingerprint density at radius 2 is 1.78 bits per heavy atom. The third kappa shape index (κ3) is 5.56. The lowest BCUT2D eigenvalue weighted by molar-refractivity contribution is 0.0574. The van der Waals surface area contributed by atoms with Gasteiger partial charge < -0.3 is 9.84 Å². The molecule has 36 heavy (non-hydrogen) atoms. The van der Waals surface area contributed by atoms with Crippen molar-refractivity contribution >= 4 is 58.3 Å². The van der Waals surface area contributed by atoms with Gasteiger partial charge >= 0.3 is 12.1 Å².